The van der Waals surface area contributed by atoms with Gasteiger partial charge >= 0.3 is 0 Å². The first-order valence-corrected chi connectivity index (χ1v) is 5.73. The number of alkyl halides is 1. The molecule has 16 heavy (non-hydrogen) atoms. The molecule has 1 aromatic rings. The summed E-state index contributed by atoms with van der Waals surface area (Å²) in [7, 11) is 0. The van der Waals surface area contributed by atoms with Crippen molar-refractivity contribution >= 4 is 11.6 Å². The minimum absolute atomic E-state index is 0.180. The summed E-state index contributed by atoms with van der Waals surface area (Å²) in [6, 6.07) is 3.46. The maximum atomic E-state index is 13.3. The normalized spacial score (nSPS) is 11.8. The molecular weight excluding hydrogens is 232 g/mol. The molecule has 0 saturated heterocycles. The Hall–Kier alpha value is -0.670. The standard InChI is InChI=1S/C12H16ClF2N/c1-12(2,5-6-13)16-8-9-7-10(14)3-4-11(9)15/h3-4,7,16H,5-6,8H2,1-2H3. The third-order valence-corrected chi connectivity index (χ3v) is 2.67. The zero-order valence-electron chi connectivity index (χ0n) is 9.49. The van der Waals surface area contributed by atoms with Crippen LogP contribution in [0.5, 0.6) is 0 Å². The fraction of sp³-hybridized carbons (Fsp3) is 0.500. The molecule has 0 aliphatic rings. The monoisotopic (exact) mass is 247 g/mol. The maximum Gasteiger partial charge on any atom is 0.127 e. The molecule has 4 heteroatoms. The topological polar surface area (TPSA) is 12.0 Å². The second kappa shape index (κ2) is 5.60. The summed E-state index contributed by atoms with van der Waals surface area (Å²) in [6.45, 7) is 4.26. The molecule has 0 heterocycles. The molecule has 1 N–H and O–H groups in total. The number of halogens is 3. The molecule has 0 aliphatic heterocycles. The van der Waals surface area contributed by atoms with Gasteiger partial charge in [-0.15, -0.1) is 11.6 Å². The van der Waals surface area contributed by atoms with Gasteiger partial charge in [-0.3, -0.25) is 0 Å². The van der Waals surface area contributed by atoms with E-state index in [1.807, 2.05) is 13.8 Å². The fourth-order valence-corrected chi connectivity index (χ4v) is 1.81. The summed E-state index contributed by atoms with van der Waals surface area (Å²) in [5.74, 6) is -0.282. The summed E-state index contributed by atoms with van der Waals surface area (Å²) in [4.78, 5) is 0. The number of benzene rings is 1. The summed E-state index contributed by atoms with van der Waals surface area (Å²) in [6.07, 6.45) is 0.769. The van der Waals surface area contributed by atoms with Crippen molar-refractivity contribution in [1.82, 2.24) is 5.32 Å². The quantitative estimate of drug-likeness (QED) is 0.786. The Balaban J connectivity index is 2.63. The smallest absolute Gasteiger partial charge is 0.127 e. The van der Waals surface area contributed by atoms with Crippen molar-refractivity contribution in [3.05, 3.63) is 35.4 Å². The van der Waals surface area contributed by atoms with Crippen molar-refractivity contribution in [3.8, 4) is 0 Å². The van der Waals surface area contributed by atoms with E-state index < -0.39 is 11.6 Å². The Morgan fingerprint density at radius 3 is 2.62 bits per heavy atom. The number of rotatable bonds is 5. The number of hydrogen-bond donors (Lipinski definition) is 1. The zero-order chi connectivity index (χ0) is 12.2. The molecule has 0 aromatic heterocycles. The predicted octanol–water partition coefficient (Wildman–Crippen LogP) is 3.46. The van der Waals surface area contributed by atoms with Crippen LogP contribution in [0.25, 0.3) is 0 Å². The molecular formula is C12H16ClF2N. The first kappa shape index (κ1) is 13.4. The highest BCUT2D eigenvalue weighted by Crippen LogP contribution is 2.13. The van der Waals surface area contributed by atoms with Gasteiger partial charge < -0.3 is 5.32 Å². The van der Waals surface area contributed by atoms with Gasteiger partial charge in [0.2, 0.25) is 0 Å². The molecule has 90 valence electrons. The van der Waals surface area contributed by atoms with Crippen molar-refractivity contribution in [2.45, 2.75) is 32.4 Å². The summed E-state index contributed by atoms with van der Waals surface area (Å²) in [5.41, 5.74) is 0.156. The van der Waals surface area contributed by atoms with Crippen LogP contribution in [0.1, 0.15) is 25.8 Å². The van der Waals surface area contributed by atoms with E-state index in [0.717, 1.165) is 18.6 Å². The Morgan fingerprint density at radius 1 is 1.31 bits per heavy atom. The Morgan fingerprint density at radius 2 is 2.00 bits per heavy atom. The van der Waals surface area contributed by atoms with Gasteiger partial charge in [-0.25, -0.2) is 8.78 Å². The Bertz CT molecular complexity index is 353. The zero-order valence-corrected chi connectivity index (χ0v) is 10.2. The molecule has 0 radical (unpaired) electrons. The van der Waals surface area contributed by atoms with Crippen LogP contribution in [0.2, 0.25) is 0 Å². The van der Waals surface area contributed by atoms with Crippen LogP contribution in [0.15, 0.2) is 18.2 Å². The van der Waals surface area contributed by atoms with E-state index in [2.05, 4.69) is 5.32 Å². The molecule has 0 saturated carbocycles. The van der Waals surface area contributed by atoms with E-state index in [4.69, 9.17) is 11.6 Å². The van der Waals surface area contributed by atoms with Gasteiger partial charge in [0.05, 0.1) is 0 Å². The van der Waals surface area contributed by atoms with Crippen LogP contribution >= 0.6 is 11.6 Å². The molecule has 1 aromatic carbocycles. The van der Waals surface area contributed by atoms with Crippen molar-refractivity contribution in [1.29, 1.82) is 0 Å². The highest BCUT2D eigenvalue weighted by molar-refractivity contribution is 6.17. The largest absolute Gasteiger partial charge is 0.308 e. The average Bonchev–Trinajstić information content (AvgIpc) is 2.19. The molecule has 0 fully saturated rings. The SMILES string of the molecule is CC(C)(CCCl)NCc1cc(F)ccc1F. The number of nitrogens with one attached hydrogen (secondary N) is 1. The second-order valence-electron chi connectivity index (χ2n) is 4.41. The van der Waals surface area contributed by atoms with E-state index in [1.165, 1.54) is 6.07 Å². The van der Waals surface area contributed by atoms with Gasteiger partial charge in [-0.2, -0.15) is 0 Å². The number of hydrogen-bond acceptors (Lipinski definition) is 1. The first-order chi connectivity index (χ1) is 7.44. The minimum atomic E-state index is -0.423. The van der Waals surface area contributed by atoms with Gasteiger partial charge in [0.25, 0.3) is 0 Å². The van der Waals surface area contributed by atoms with Gasteiger partial charge in [0, 0.05) is 23.5 Å². The van der Waals surface area contributed by atoms with Crippen LogP contribution in [0, 0.1) is 11.6 Å². The molecule has 0 aliphatic carbocycles. The van der Waals surface area contributed by atoms with Gasteiger partial charge in [-0.05, 0) is 38.5 Å². The molecule has 0 unspecified atom stereocenters. The lowest BCUT2D eigenvalue weighted by Gasteiger charge is -2.25. The molecule has 0 atom stereocenters. The van der Waals surface area contributed by atoms with Crippen molar-refractivity contribution in [2.75, 3.05) is 5.88 Å². The predicted molar refractivity (Wildman–Crippen MR) is 62.6 cm³/mol. The summed E-state index contributed by atoms with van der Waals surface area (Å²) in [5, 5.41) is 3.15. The van der Waals surface area contributed by atoms with Crippen LogP contribution < -0.4 is 5.32 Å². The van der Waals surface area contributed by atoms with Gasteiger partial charge in [0.1, 0.15) is 11.6 Å². The third kappa shape index (κ3) is 4.06. The van der Waals surface area contributed by atoms with E-state index in [0.29, 0.717) is 18.0 Å². The van der Waals surface area contributed by atoms with E-state index in [-0.39, 0.29) is 5.54 Å². The first-order valence-electron chi connectivity index (χ1n) is 5.19. The van der Waals surface area contributed by atoms with Gasteiger partial charge in [-0.1, -0.05) is 0 Å². The lowest BCUT2D eigenvalue weighted by molar-refractivity contribution is 0.372. The highest BCUT2D eigenvalue weighted by atomic mass is 35.5. The molecule has 0 spiro atoms. The van der Waals surface area contributed by atoms with Crippen LogP contribution in [-0.4, -0.2) is 11.4 Å². The average molecular weight is 248 g/mol. The van der Waals surface area contributed by atoms with Crippen molar-refractivity contribution in [2.24, 2.45) is 0 Å². The van der Waals surface area contributed by atoms with Crippen molar-refractivity contribution < 1.29 is 8.78 Å². The molecule has 0 bridgehead atoms. The van der Waals surface area contributed by atoms with E-state index in [9.17, 15) is 8.78 Å². The Kier molecular flexibility index (Phi) is 4.69. The van der Waals surface area contributed by atoms with Crippen molar-refractivity contribution in [3.63, 3.8) is 0 Å². The lowest BCUT2D eigenvalue weighted by Crippen LogP contribution is -2.39. The van der Waals surface area contributed by atoms with Crippen LogP contribution in [-0.2, 0) is 6.54 Å². The minimum Gasteiger partial charge on any atom is -0.308 e. The van der Waals surface area contributed by atoms with Crippen LogP contribution in [0.3, 0.4) is 0 Å². The highest BCUT2D eigenvalue weighted by Gasteiger charge is 2.16. The van der Waals surface area contributed by atoms with Crippen LogP contribution in [0.4, 0.5) is 8.78 Å². The second-order valence-corrected chi connectivity index (χ2v) is 4.79. The Labute approximate surface area is 99.8 Å². The summed E-state index contributed by atoms with van der Waals surface area (Å²) >= 11 is 5.65. The molecule has 0 amide bonds. The molecule has 1 rings (SSSR count). The fourth-order valence-electron chi connectivity index (χ4n) is 1.34. The maximum absolute atomic E-state index is 13.3. The lowest BCUT2D eigenvalue weighted by atomic mass is 10.0. The molecule has 1 nitrogen and oxygen atoms in total. The third-order valence-electron chi connectivity index (χ3n) is 2.48. The summed E-state index contributed by atoms with van der Waals surface area (Å²) < 4.78 is 26.2. The van der Waals surface area contributed by atoms with E-state index >= 15 is 0 Å². The van der Waals surface area contributed by atoms with E-state index in [1.54, 1.807) is 0 Å². The van der Waals surface area contributed by atoms with Gasteiger partial charge in [0.15, 0.2) is 0 Å².